The molecule has 0 amide bonds. The van der Waals surface area contributed by atoms with Crippen molar-refractivity contribution < 1.29 is 4.79 Å². The summed E-state index contributed by atoms with van der Waals surface area (Å²) < 4.78 is 0. The zero-order valence-electron chi connectivity index (χ0n) is 19.6. The molecule has 0 aromatic heterocycles. The highest BCUT2D eigenvalue weighted by atomic mass is 35.5. The quantitative estimate of drug-likeness (QED) is 0.406. The Bertz CT molecular complexity index is 796. The number of allylic oxidation sites excluding steroid dienone is 4. The monoisotopic (exact) mass is 428 g/mol. The molecule has 0 aromatic carbocycles. The third kappa shape index (κ3) is 2.57. The molecule has 8 atom stereocenters. The van der Waals surface area contributed by atoms with Crippen molar-refractivity contribution in [1.29, 1.82) is 0 Å². The van der Waals surface area contributed by atoms with Gasteiger partial charge in [0, 0.05) is 5.41 Å². The summed E-state index contributed by atoms with van der Waals surface area (Å²) in [5.74, 6) is 2.88. The van der Waals surface area contributed by atoms with E-state index in [1.165, 1.54) is 57.8 Å². The van der Waals surface area contributed by atoms with E-state index >= 15 is 0 Å². The van der Waals surface area contributed by atoms with Crippen molar-refractivity contribution in [3.8, 4) is 0 Å². The van der Waals surface area contributed by atoms with E-state index in [1.807, 2.05) is 0 Å². The molecule has 5 rings (SSSR count). The largest absolute Gasteiger partial charge is 0.281 e. The first-order valence-corrected chi connectivity index (χ1v) is 13.1. The molecule has 4 saturated carbocycles. The molecule has 0 spiro atoms. The summed E-state index contributed by atoms with van der Waals surface area (Å²) in [5, 5.41) is -0.0103. The SMILES string of the molecule is C/C=C/C1=CCC2(C)C(CCC3(C)C2CCC2C4CCCC4(C(=O)Cl)CC[C@]23C)C1. The minimum Gasteiger partial charge on any atom is -0.281 e. The molecule has 7 unspecified atom stereocenters. The van der Waals surface area contributed by atoms with E-state index in [0.29, 0.717) is 28.1 Å². The van der Waals surface area contributed by atoms with E-state index in [9.17, 15) is 4.79 Å². The Hall–Kier alpha value is -0.560. The standard InChI is InChI=1S/C28H41ClO/c1-5-7-19-11-14-25(2)20(18-19)12-15-27(4)23(25)10-9-21-22-8-6-13-28(22,24(29)30)17-16-26(21,27)3/h5,7,11,20-23H,6,8-10,12-18H2,1-4H3/b7-5+/t20?,21?,22?,23?,25?,26-,27?,28?/m1/s1. The summed E-state index contributed by atoms with van der Waals surface area (Å²) >= 11 is 6.30. The van der Waals surface area contributed by atoms with Gasteiger partial charge in [0.1, 0.15) is 0 Å². The Morgan fingerprint density at radius 2 is 1.80 bits per heavy atom. The van der Waals surface area contributed by atoms with E-state index in [-0.39, 0.29) is 10.7 Å². The number of carbonyl (C=O) groups excluding carboxylic acids is 1. The van der Waals surface area contributed by atoms with Crippen LogP contribution in [0.5, 0.6) is 0 Å². The average molecular weight is 429 g/mol. The molecule has 2 heteroatoms. The second kappa shape index (κ2) is 6.97. The van der Waals surface area contributed by atoms with Gasteiger partial charge in [-0.15, -0.1) is 0 Å². The lowest BCUT2D eigenvalue weighted by atomic mass is 9.34. The average Bonchev–Trinajstić information content (AvgIpc) is 3.15. The normalized spacial score (nSPS) is 52.8. The number of hydrogen-bond donors (Lipinski definition) is 0. The van der Waals surface area contributed by atoms with Gasteiger partial charge in [0.2, 0.25) is 5.24 Å². The number of rotatable bonds is 2. The van der Waals surface area contributed by atoms with Crippen LogP contribution in [0.2, 0.25) is 0 Å². The van der Waals surface area contributed by atoms with Gasteiger partial charge < -0.3 is 0 Å². The van der Waals surface area contributed by atoms with E-state index in [0.717, 1.165) is 24.7 Å². The highest BCUT2D eigenvalue weighted by molar-refractivity contribution is 6.64. The maximum atomic E-state index is 12.6. The van der Waals surface area contributed by atoms with Crippen LogP contribution in [0.4, 0.5) is 0 Å². The van der Waals surface area contributed by atoms with Gasteiger partial charge in [-0.2, -0.15) is 0 Å². The molecule has 0 aliphatic heterocycles. The van der Waals surface area contributed by atoms with E-state index in [4.69, 9.17) is 11.6 Å². The summed E-state index contributed by atoms with van der Waals surface area (Å²) in [5.41, 5.74) is 2.58. The van der Waals surface area contributed by atoms with Crippen molar-refractivity contribution in [3.05, 3.63) is 23.8 Å². The first-order valence-electron chi connectivity index (χ1n) is 12.7. The molecule has 166 valence electrons. The van der Waals surface area contributed by atoms with Gasteiger partial charge in [-0.05, 0) is 123 Å². The molecule has 4 fully saturated rings. The number of fused-ring (bicyclic) bond motifs is 7. The molecule has 0 aromatic rings. The number of hydrogen-bond acceptors (Lipinski definition) is 1. The van der Waals surface area contributed by atoms with Crippen LogP contribution in [0.1, 0.15) is 98.3 Å². The summed E-state index contributed by atoms with van der Waals surface area (Å²) in [6, 6.07) is 0. The molecule has 30 heavy (non-hydrogen) atoms. The van der Waals surface area contributed by atoms with Crippen molar-refractivity contribution in [3.63, 3.8) is 0 Å². The van der Waals surface area contributed by atoms with Crippen LogP contribution in [0.15, 0.2) is 23.8 Å². The smallest absolute Gasteiger partial charge is 0.228 e. The van der Waals surface area contributed by atoms with Crippen molar-refractivity contribution in [2.45, 2.75) is 98.3 Å². The zero-order valence-corrected chi connectivity index (χ0v) is 20.4. The molecule has 0 saturated heterocycles. The predicted molar refractivity (Wildman–Crippen MR) is 125 cm³/mol. The van der Waals surface area contributed by atoms with Crippen molar-refractivity contribution >= 4 is 16.8 Å². The summed E-state index contributed by atoms with van der Waals surface area (Å²) in [6.45, 7) is 10.1. The minimum atomic E-state index is -0.189. The van der Waals surface area contributed by atoms with Gasteiger partial charge >= 0.3 is 0 Å². The van der Waals surface area contributed by atoms with Crippen LogP contribution in [0.3, 0.4) is 0 Å². The first-order chi connectivity index (χ1) is 14.2. The maximum absolute atomic E-state index is 12.6. The molecule has 1 nitrogen and oxygen atoms in total. The van der Waals surface area contributed by atoms with Crippen LogP contribution in [-0.2, 0) is 4.79 Å². The molecule has 5 aliphatic carbocycles. The Morgan fingerprint density at radius 1 is 1.00 bits per heavy atom. The zero-order chi connectivity index (χ0) is 21.4. The second-order valence-corrected chi connectivity index (χ2v) is 12.8. The topological polar surface area (TPSA) is 17.1 Å². The van der Waals surface area contributed by atoms with Crippen LogP contribution >= 0.6 is 11.6 Å². The molecule has 5 aliphatic rings. The van der Waals surface area contributed by atoms with E-state index in [1.54, 1.807) is 5.57 Å². The van der Waals surface area contributed by atoms with Crippen molar-refractivity contribution in [2.24, 2.45) is 45.3 Å². The fourth-order valence-electron chi connectivity index (χ4n) is 10.1. The van der Waals surface area contributed by atoms with Crippen LogP contribution in [0, 0.1) is 45.3 Å². The molecular formula is C28H41ClO. The Morgan fingerprint density at radius 3 is 2.53 bits per heavy atom. The van der Waals surface area contributed by atoms with Gasteiger partial charge in [-0.3, -0.25) is 4.79 Å². The highest BCUT2D eigenvalue weighted by Gasteiger charge is 2.68. The third-order valence-corrected chi connectivity index (χ3v) is 12.3. The lowest BCUT2D eigenvalue weighted by Crippen LogP contribution is -2.64. The minimum absolute atomic E-state index is 0.0103. The van der Waals surface area contributed by atoms with Crippen LogP contribution in [-0.4, -0.2) is 5.24 Å². The lowest BCUT2D eigenvalue weighted by molar-refractivity contribution is -0.213. The molecular weight excluding hydrogens is 388 g/mol. The van der Waals surface area contributed by atoms with Crippen LogP contribution < -0.4 is 0 Å². The van der Waals surface area contributed by atoms with Crippen molar-refractivity contribution in [1.82, 2.24) is 0 Å². The molecule has 0 N–H and O–H groups in total. The Labute approximate surface area is 189 Å². The summed E-state index contributed by atoms with van der Waals surface area (Å²) in [7, 11) is 0. The summed E-state index contributed by atoms with van der Waals surface area (Å²) in [6.07, 6.45) is 20.8. The second-order valence-electron chi connectivity index (χ2n) is 12.4. The van der Waals surface area contributed by atoms with E-state index in [2.05, 4.69) is 45.9 Å². The third-order valence-electron chi connectivity index (χ3n) is 11.9. The molecule has 0 heterocycles. The summed E-state index contributed by atoms with van der Waals surface area (Å²) in [4.78, 5) is 12.6. The molecule has 0 bridgehead atoms. The first kappa shape index (κ1) is 21.3. The fraction of sp³-hybridized carbons (Fsp3) is 0.821. The van der Waals surface area contributed by atoms with Crippen LogP contribution in [0.25, 0.3) is 0 Å². The van der Waals surface area contributed by atoms with E-state index < -0.39 is 0 Å². The van der Waals surface area contributed by atoms with Gasteiger partial charge in [0.05, 0.1) is 0 Å². The Balaban J connectivity index is 1.50. The Kier molecular flexibility index (Phi) is 4.95. The maximum Gasteiger partial charge on any atom is 0.228 e. The number of halogens is 1. The van der Waals surface area contributed by atoms with Gasteiger partial charge in [-0.1, -0.05) is 51.0 Å². The van der Waals surface area contributed by atoms with Gasteiger partial charge in [0.25, 0.3) is 0 Å². The van der Waals surface area contributed by atoms with Gasteiger partial charge in [-0.25, -0.2) is 0 Å². The highest BCUT2D eigenvalue weighted by Crippen LogP contribution is 2.75. The van der Waals surface area contributed by atoms with Gasteiger partial charge in [0.15, 0.2) is 0 Å². The fourth-order valence-corrected chi connectivity index (χ4v) is 10.4. The molecule has 0 radical (unpaired) electrons. The number of carbonyl (C=O) groups is 1. The lowest BCUT2D eigenvalue weighted by Gasteiger charge is -2.70. The van der Waals surface area contributed by atoms with Crippen molar-refractivity contribution in [2.75, 3.05) is 0 Å². The predicted octanol–water partition coefficient (Wildman–Crippen LogP) is 8.08.